The summed E-state index contributed by atoms with van der Waals surface area (Å²) in [4.78, 5) is 2.65. The highest BCUT2D eigenvalue weighted by Gasteiger charge is 2.30. The van der Waals surface area contributed by atoms with Crippen molar-refractivity contribution >= 4 is 29.2 Å². The van der Waals surface area contributed by atoms with Gasteiger partial charge in [0.25, 0.3) is 0 Å². The summed E-state index contributed by atoms with van der Waals surface area (Å²) in [6.07, 6.45) is 0. The molecule has 0 atom stereocenters. The molecule has 2 rings (SSSR count). The summed E-state index contributed by atoms with van der Waals surface area (Å²) < 4.78 is -0.0417. The molecule has 2 aromatic rings. The Morgan fingerprint density at radius 1 is 0.486 bits per heavy atom. The summed E-state index contributed by atoms with van der Waals surface area (Å²) in [5.74, 6) is 0. The third-order valence-electron chi connectivity index (χ3n) is 6.49. The number of rotatable bonds is 4. The molecule has 0 unspecified atom stereocenters. The number of benzene rings is 2. The van der Waals surface area contributed by atoms with Crippen LogP contribution < -0.4 is 5.73 Å². The quantitative estimate of drug-likeness (QED) is 0.250. The van der Waals surface area contributed by atoms with Crippen molar-refractivity contribution in [3.63, 3.8) is 0 Å². The minimum atomic E-state index is -0.0417. The van der Waals surface area contributed by atoms with Crippen molar-refractivity contribution in [1.82, 2.24) is 0 Å². The fourth-order valence-corrected chi connectivity index (χ4v) is 7.41. The van der Waals surface area contributed by atoms with E-state index in [0.717, 1.165) is 5.69 Å². The lowest BCUT2D eigenvalue weighted by atomic mass is 9.77. The predicted octanol–water partition coefficient (Wildman–Crippen LogP) is 10.4. The zero-order chi connectivity index (χ0) is 27.4. The van der Waals surface area contributed by atoms with E-state index in [2.05, 4.69) is 128 Å². The van der Waals surface area contributed by atoms with Crippen LogP contribution in [0.2, 0.25) is 0 Å². The Morgan fingerprint density at radius 2 is 0.743 bits per heavy atom. The molecule has 0 saturated heterocycles. The van der Waals surface area contributed by atoms with Crippen LogP contribution in [0.25, 0.3) is 0 Å². The molecular weight excluding hydrogens is 462 g/mol. The van der Waals surface area contributed by atoms with Crippen LogP contribution in [-0.4, -0.2) is 4.08 Å². The van der Waals surface area contributed by atoms with Crippen molar-refractivity contribution in [1.29, 1.82) is 0 Å². The monoisotopic (exact) mass is 513 g/mol. The third-order valence-corrected chi connectivity index (χ3v) is 8.92. The molecule has 0 aliphatic rings. The third kappa shape index (κ3) is 7.48. The largest absolute Gasteiger partial charge is 0.398 e. The Kier molecular flexibility index (Phi) is 8.34. The first-order valence-electron chi connectivity index (χ1n) is 12.9. The Morgan fingerprint density at radius 3 is 1.00 bits per heavy atom. The van der Waals surface area contributed by atoms with Crippen LogP contribution in [0.15, 0.2) is 34.1 Å². The summed E-state index contributed by atoms with van der Waals surface area (Å²) in [6.45, 7) is 34.5. The summed E-state index contributed by atoms with van der Waals surface area (Å²) in [5.41, 5.74) is 14.7. The zero-order valence-electron chi connectivity index (χ0n) is 25.2. The molecule has 0 radical (unpaired) electrons. The number of nitrogen functional groups attached to an aromatic ring is 1. The van der Waals surface area contributed by atoms with E-state index in [1.165, 1.54) is 37.6 Å². The summed E-state index contributed by atoms with van der Waals surface area (Å²) in [5, 5.41) is 0. The molecule has 0 bridgehead atoms. The van der Waals surface area contributed by atoms with Crippen LogP contribution in [0, 0.1) is 6.92 Å². The van der Waals surface area contributed by atoms with Gasteiger partial charge in [0.1, 0.15) is 0 Å². The Balaban J connectivity index is 2.57. The lowest BCUT2D eigenvalue weighted by molar-refractivity contribution is 0.558. The summed E-state index contributed by atoms with van der Waals surface area (Å²) in [6, 6.07) is 9.52. The van der Waals surface area contributed by atoms with Crippen LogP contribution in [0.4, 0.5) is 5.69 Å². The summed E-state index contributed by atoms with van der Waals surface area (Å²) in [7, 11) is 0. The predicted molar refractivity (Wildman–Crippen MR) is 163 cm³/mol. The van der Waals surface area contributed by atoms with Crippen molar-refractivity contribution in [2.24, 2.45) is 0 Å². The van der Waals surface area contributed by atoms with Crippen LogP contribution in [0.1, 0.15) is 125 Å². The van der Waals surface area contributed by atoms with E-state index in [4.69, 9.17) is 5.73 Å². The van der Waals surface area contributed by atoms with E-state index in [9.17, 15) is 0 Å². The Bertz CT molecular complexity index is 909. The molecule has 0 amide bonds. The van der Waals surface area contributed by atoms with Gasteiger partial charge in [-0.3, -0.25) is 0 Å². The van der Waals surface area contributed by atoms with Crippen LogP contribution in [0.5, 0.6) is 0 Å². The van der Waals surface area contributed by atoms with Crippen LogP contribution in [-0.2, 0) is 21.7 Å². The highest BCUT2D eigenvalue weighted by Crippen LogP contribution is 2.49. The second-order valence-corrected chi connectivity index (χ2v) is 18.3. The zero-order valence-corrected chi connectivity index (χ0v) is 26.8. The molecule has 0 aliphatic carbocycles. The molecule has 0 heterocycles. The molecular formula is C32H51NS2. The van der Waals surface area contributed by atoms with Gasteiger partial charge in [-0.1, -0.05) is 83.1 Å². The molecule has 0 aromatic heterocycles. The molecule has 196 valence electrons. The van der Waals surface area contributed by atoms with Gasteiger partial charge in [0.15, 0.2) is 0 Å². The number of thioether (sulfide) groups is 2. The Labute approximate surface area is 225 Å². The number of nitrogens with two attached hydrogens (primary N) is 1. The number of hydrogen-bond acceptors (Lipinski definition) is 3. The maximum atomic E-state index is 6.73. The van der Waals surface area contributed by atoms with Crippen molar-refractivity contribution in [3.05, 3.63) is 52.1 Å². The maximum absolute atomic E-state index is 6.73. The van der Waals surface area contributed by atoms with Gasteiger partial charge < -0.3 is 5.73 Å². The van der Waals surface area contributed by atoms with Crippen molar-refractivity contribution in [3.8, 4) is 0 Å². The minimum Gasteiger partial charge on any atom is -0.398 e. The first-order valence-corrected chi connectivity index (χ1v) is 14.5. The van der Waals surface area contributed by atoms with E-state index < -0.39 is 0 Å². The van der Waals surface area contributed by atoms with Crippen LogP contribution >= 0.6 is 23.5 Å². The maximum Gasteiger partial charge on any atom is 0.0649 e. The topological polar surface area (TPSA) is 26.0 Å². The van der Waals surface area contributed by atoms with Gasteiger partial charge in [-0.25, -0.2) is 0 Å². The molecule has 35 heavy (non-hydrogen) atoms. The molecule has 1 nitrogen and oxygen atoms in total. The fraction of sp³-hybridized carbons (Fsp3) is 0.625. The second kappa shape index (κ2) is 9.67. The molecule has 3 heteroatoms. The second-order valence-electron chi connectivity index (χ2n) is 14.7. The molecule has 2 N–H and O–H groups in total. The van der Waals surface area contributed by atoms with Crippen molar-refractivity contribution < 1.29 is 0 Å². The minimum absolute atomic E-state index is 0.00187. The van der Waals surface area contributed by atoms with Gasteiger partial charge >= 0.3 is 0 Å². The first kappa shape index (κ1) is 30.2. The summed E-state index contributed by atoms with van der Waals surface area (Å²) >= 11 is 3.92. The smallest absolute Gasteiger partial charge is 0.0649 e. The first-order chi connectivity index (χ1) is 15.4. The standard InChI is InChI=1S/C32H51NS2/c1-20-23(28(2,3)4)16-21(17-24(20)29(5,6)7)34-32(14,15)35-22-18-25(30(8,9)10)27(33)26(19-22)31(11,12)13/h16-19H,33H2,1-15H3. The number of hydrogen-bond donors (Lipinski definition) is 1. The van der Waals surface area contributed by atoms with Gasteiger partial charge in [-0.05, 0) is 94.5 Å². The molecule has 0 fully saturated rings. The van der Waals surface area contributed by atoms with Gasteiger partial charge in [0.2, 0.25) is 0 Å². The highest BCUT2D eigenvalue weighted by atomic mass is 32.2. The average Bonchev–Trinajstić information content (AvgIpc) is 2.60. The average molecular weight is 514 g/mol. The van der Waals surface area contributed by atoms with Gasteiger partial charge in [0, 0.05) is 15.5 Å². The normalized spacial score (nSPS) is 13.9. The molecule has 2 aromatic carbocycles. The van der Waals surface area contributed by atoms with Gasteiger partial charge in [-0.2, -0.15) is 0 Å². The van der Waals surface area contributed by atoms with Gasteiger partial charge in [0.05, 0.1) is 4.08 Å². The van der Waals surface area contributed by atoms with E-state index >= 15 is 0 Å². The van der Waals surface area contributed by atoms with E-state index in [1.54, 1.807) is 0 Å². The van der Waals surface area contributed by atoms with E-state index in [-0.39, 0.29) is 25.7 Å². The SMILES string of the molecule is Cc1c(C(C)(C)C)cc(SC(C)(C)Sc2cc(C(C)(C)C)c(N)c(C(C)(C)C)c2)cc1C(C)(C)C. The van der Waals surface area contributed by atoms with Crippen LogP contribution in [0.3, 0.4) is 0 Å². The van der Waals surface area contributed by atoms with Gasteiger partial charge in [-0.15, -0.1) is 23.5 Å². The van der Waals surface area contributed by atoms with Crippen molar-refractivity contribution in [2.75, 3.05) is 5.73 Å². The lowest BCUT2D eigenvalue weighted by Crippen LogP contribution is -2.21. The molecule has 0 saturated carbocycles. The highest BCUT2D eigenvalue weighted by molar-refractivity contribution is 8.18. The Hall–Kier alpha value is -1.06. The number of anilines is 1. The molecule has 0 spiro atoms. The van der Waals surface area contributed by atoms with E-state index in [0.29, 0.717) is 0 Å². The lowest BCUT2D eigenvalue weighted by Gasteiger charge is -2.32. The van der Waals surface area contributed by atoms with E-state index in [1.807, 2.05) is 23.5 Å². The van der Waals surface area contributed by atoms with Crippen molar-refractivity contribution in [2.45, 2.75) is 139 Å². The molecule has 0 aliphatic heterocycles. The fourth-order valence-electron chi connectivity index (χ4n) is 4.82.